The average Bonchev–Trinajstić information content (AvgIpc) is 2.36. The zero-order chi connectivity index (χ0) is 12.6. The minimum atomic E-state index is -0.244. The van der Waals surface area contributed by atoms with Gasteiger partial charge in [0.2, 0.25) is 0 Å². The molecule has 1 aliphatic rings. The molecule has 0 saturated carbocycles. The SMILES string of the molecule is CCCC1(C(=O)OCCOCC)CCNCC1. The Hall–Kier alpha value is -0.610. The van der Waals surface area contributed by atoms with E-state index >= 15 is 0 Å². The molecule has 1 heterocycles. The number of piperidine rings is 1. The van der Waals surface area contributed by atoms with Crippen LogP contribution in [0, 0.1) is 5.41 Å². The van der Waals surface area contributed by atoms with E-state index in [1.807, 2.05) is 6.92 Å². The molecular weight excluding hydrogens is 218 g/mol. The minimum absolute atomic E-state index is 0.0273. The van der Waals surface area contributed by atoms with Crippen LogP contribution in [-0.4, -0.2) is 38.9 Å². The lowest BCUT2D eigenvalue weighted by atomic mass is 9.75. The molecule has 0 aromatic rings. The summed E-state index contributed by atoms with van der Waals surface area (Å²) in [7, 11) is 0. The van der Waals surface area contributed by atoms with Crippen LogP contribution >= 0.6 is 0 Å². The quantitative estimate of drug-likeness (QED) is 0.546. The second-order valence-corrected chi connectivity index (χ2v) is 4.61. The van der Waals surface area contributed by atoms with E-state index in [1.54, 1.807) is 0 Å². The average molecular weight is 243 g/mol. The highest BCUT2D eigenvalue weighted by molar-refractivity contribution is 5.77. The van der Waals surface area contributed by atoms with Crippen LogP contribution in [0.15, 0.2) is 0 Å². The third-order valence-electron chi connectivity index (χ3n) is 3.39. The molecule has 0 spiro atoms. The Morgan fingerprint density at radius 1 is 1.24 bits per heavy atom. The van der Waals surface area contributed by atoms with Crippen LogP contribution in [0.1, 0.15) is 39.5 Å². The van der Waals surface area contributed by atoms with Crippen LogP contribution in [0.2, 0.25) is 0 Å². The van der Waals surface area contributed by atoms with E-state index in [0.717, 1.165) is 38.8 Å². The maximum atomic E-state index is 12.2. The number of nitrogens with one attached hydrogen (secondary N) is 1. The fourth-order valence-corrected chi connectivity index (χ4v) is 2.43. The summed E-state index contributed by atoms with van der Waals surface area (Å²) < 4.78 is 10.5. The summed E-state index contributed by atoms with van der Waals surface area (Å²) >= 11 is 0. The van der Waals surface area contributed by atoms with E-state index in [9.17, 15) is 4.79 Å². The lowest BCUT2D eigenvalue weighted by Crippen LogP contribution is -2.43. The van der Waals surface area contributed by atoms with Crippen molar-refractivity contribution in [3.63, 3.8) is 0 Å². The number of rotatable bonds is 7. The Labute approximate surface area is 104 Å². The van der Waals surface area contributed by atoms with Gasteiger partial charge in [-0.3, -0.25) is 4.79 Å². The van der Waals surface area contributed by atoms with E-state index in [-0.39, 0.29) is 11.4 Å². The van der Waals surface area contributed by atoms with Crippen molar-refractivity contribution < 1.29 is 14.3 Å². The molecule has 4 nitrogen and oxygen atoms in total. The standard InChI is InChI=1S/C13H25NO3/c1-3-5-13(6-8-14-9-7-13)12(15)17-11-10-16-4-2/h14H,3-11H2,1-2H3. The van der Waals surface area contributed by atoms with Gasteiger partial charge in [-0.05, 0) is 39.3 Å². The van der Waals surface area contributed by atoms with E-state index in [1.165, 1.54) is 0 Å². The first-order chi connectivity index (χ1) is 8.25. The Morgan fingerprint density at radius 2 is 1.94 bits per heavy atom. The maximum Gasteiger partial charge on any atom is 0.312 e. The fourth-order valence-electron chi connectivity index (χ4n) is 2.43. The lowest BCUT2D eigenvalue weighted by Gasteiger charge is -2.35. The number of hydrogen-bond acceptors (Lipinski definition) is 4. The molecule has 0 radical (unpaired) electrons. The Morgan fingerprint density at radius 3 is 2.53 bits per heavy atom. The summed E-state index contributed by atoms with van der Waals surface area (Å²) in [5, 5.41) is 3.30. The van der Waals surface area contributed by atoms with E-state index in [2.05, 4.69) is 12.2 Å². The first-order valence-corrected chi connectivity index (χ1v) is 6.71. The summed E-state index contributed by atoms with van der Waals surface area (Å²) in [6, 6.07) is 0. The molecule has 1 aliphatic heterocycles. The Kier molecular flexibility index (Phi) is 6.52. The molecule has 1 saturated heterocycles. The van der Waals surface area contributed by atoms with Gasteiger partial charge in [0.1, 0.15) is 6.61 Å². The molecule has 0 aromatic carbocycles. The molecule has 0 aromatic heterocycles. The van der Waals surface area contributed by atoms with Crippen LogP contribution in [-0.2, 0) is 14.3 Å². The highest BCUT2D eigenvalue weighted by Crippen LogP contribution is 2.35. The van der Waals surface area contributed by atoms with Crippen molar-refractivity contribution in [1.29, 1.82) is 0 Å². The molecule has 0 amide bonds. The van der Waals surface area contributed by atoms with Crippen molar-refractivity contribution in [3.8, 4) is 0 Å². The molecule has 1 fully saturated rings. The molecule has 100 valence electrons. The molecule has 0 aliphatic carbocycles. The number of hydrogen-bond donors (Lipinski definition) is 1. The Bertz CT molecular complexity index is 219. The van der Waals surface area contributed by atoms with Crippen LogP contribution in [0.4, 0.5) is 0 Å². The maximum absolute atomic E-state index is 12.2. The van der Waals surface area contributed by atoms with Crippen LogP contribution in [0.3, 0.4) is 0 Å². The third kappa shape index (κ3) is 4.28. The molecule has 17 heavy (non-hydrogen) atoms. The van der Waals surface area contributed by atoms with E-state index < -0.39 is 0 Å². The van der Waals surface area contributed by atoms with Gasteiger partial charge in [0, 0.05) is 6.61 Å². The molecule has 1 rings (SSSR count). The topological polar surface area (TPSA) is 47.6 Å². The van der Waals surface area contributed by atoms with Crippen molar-refractivity contribution in [3.05, 3.63) is 0 Å². The van der Waals surface area contributed by atoms with E-state index in [0.29, 0.717) is 19.8 Å². The number of esters is 1. The predicted molar refractivity (Wildman–Crippen MR) is 66.9 cm³/mol. The molecule has 1 N–H and O–H groups in total. The van der Waals surface area contributed by atoms with Crippen LogP contribution in [0.25, 0.3) is 0 Å². The fraction of sp³-hybridized carbons (Fsp3) is 0.923. The van der Waals surface area contributed by atoms with Crippen molar-refractivity contribution in [2.24, 2.45) is 5.41 Å². The minimum Gasteiger partial charge on any atom is -0.463 e. The zero-order valence-corrected chi connectivity index (χ0v) is 11.1. The number of ether oxygens (including phenoxy) is 2. The van der Waals surface area contributed by atoms with Gasteiger partial charge in [-0.25, -0.2) is 0 Å². The van der Waals surface area contributed by atoms with Gasteiger partial charge in [-0.15, -0.1) is 0 Å². The summed E-state index contributed by atoms with van der Waals surface area (Å²) in [4.78, 5) is 12.2. The second kappa shape index (κ2) is 7.67. The highest BCUT2D eigenvalue weighted by Gasteiger charge is 2.39. The van der Waals surface area contributed by atoms with Crippen molar-refractivity contribution in [2.75, 3.05) is 32.9 Å². The van der Waals surface area contributed by atoms with Gasteiger partial charge >= 0.3 is 5.97 Å². The summed E-state index contributed by atoms with van der Waals surface area (Å²) in [5.41, 5.74) is -0.244. The third-order valence-corrected chi connectivity index (χ3v) is 3.39. The molecule has 4 heteroatoms. The lowest BCUT2D eigenvalue weighted by molar-refractivity contribution is -0.159. The normalized spacial score (nSPS) is 18.9. The van der Waals surface area contributed by atoms with Crippen molar-refractivity contribution in [1.82, 2.24) is 5.32 Å². The molecule has 0 bridgehead atoms. The summed E-state index contributed by atoms with van der Waals surface area (Å²) in [6.07, 6.45) is 3.76. The van der Waals surface area contributed by atoms with Crippen molar-refractivity contribution >= 4 is 5.97 Å². The van der Waals surface area contributed by atoms with Gasteiger partial charge in [0.25, 0.3) is 0 Å². The largest absolute Gasteiger partial charge is 0.463 e. The van der Waals surface area contributed by atoms with Crippen LogP contribution in [0.5, 0.6) is 0 Å². The number of carbonyl (C=O) groups excluding carboxylic acids is 1. The monoisotopic (exact) mass is 243 g/mol. The summed E-state index contributed by atoms with van der Waals surface area (Å²) in [6.45, 7) is 7.45. The molecule has 0 unspecified atom stereocenters. The van der Waals surface area contributed by atoms with Crippen molar-refractivity contribution in [2.45, 2.75) is 39.5 Å². The zero-order valence-electron chi connectivity index (χ0n) is 11.1. The Balaban J connectivity index is 2.42. The molecule has 0 atom stereocenters. The van der Waals surface area contributed by atoms with E-state index in [4.69, 9.17) is 9.47 Å². The first kappa shape index (κ1) is 14.5. The second-order valence-electron chi connectivity index (χ2n) is 4.61. The van der Waals surface area contributed by atoms with Gasteiger partial charge in [-0.1, -0.05) is 13.3 Å². The predicted octanol–water partition coefficient (Wildman–Crippen LogP) is 1.74. The smallest absolute Gasteiger partial charge is 0.312 e. The number of carbonyl (C=O) groups is 1. The van der Waals surface area contributed by atoms with Gasteiger partial charge < -0.3 is 14.8 Å². The summed E-state index contributed by atoms with van der Waals surface area (Å²) in [5.74, 6) is -0.0273. The van der Waals surface area contributed by atoms with Gasteiger partial charge in [0.05, 0.1) is 12.0 Å². The highest BCUT2D eigenvalue weighted by atomic mass is 16.6. The van der Waals surface area contributed by atoms with Gasteiger partial charge in [0.15, 0.2) is 0 Å². The van der Waals surface area contributed by atoms with Gasteiger partial charge in [-0.2, -0.15) is 0 Å². The molecular formula is C13H25NO3. The first-order valence-electron chi connectivity index (χ1n) is 6.71. The van der Waals surface area contributed by atoms with Crippen LogP contribution < -0.4 is 5.32 Å².